The van der Waals surface area contributed by atoms with Crippen LogP contribution in [0.1, 0.15) is 44.9 Å². The predicted molar refractivity (Wildman–Crippen MR) is 74.3 cm³/mol. The monoisotopic (exact) mass is 236 g/mol. The lowest BCUT2D eigenvalue weighted by atomic mass is 9.96. The van der Waals surface area contributed by atoms with E-state index in [1.807, 2.05) is 0 Å². The minimum atomic E-state index is 0.883. The Labute approximate surface area is 106 Å². The van der Waals surface area contributed by atoms with Gasteiger partial charge in [-0.2, -0.15) is 0 Å². The highest BCUT2D eigenvalue weighted by Gasteiger charge is 2.16. The Morgan fingerprint density at radius 1 is 1.35 bits per heavy atom. The van der Waals surface area contributed by atoms with Crippen molar-refractivity contribution in [1.82, 2.24) is 10.2 Å². The number of hydrogen-bond acceptors (Lipinski definition) is 2. The zero-order chi connectivity index (χ0) is 11.9. The number of nitrogens with one attached hydrogen (secondary N) is 1. The highest BCUT2D eigenvalue weighted by molar-refractivity contribution is 5.05. The third kappa shape index (κ3) is 4.81. The molecule has 2 nitrogen and oxygen atoms in total. The first-order valence-corrected chi connectivity index (χ1v) is 7.42. The highest BCUT2D eigenvalue weighted by atomic mass is 15.1. The second kappa shape index (κ2) is 7.17. The molecule has 0 saturated carbocycles. The second-order valence-corrected chi connectivity index (χ2v) is 5.83. The summed E-state index contributed by atoms with van der Waals surface area (Å²) in [6, 6.07) is 0. The quantitative estimate of drug-likeness (QED) is 0.583. The normalized spacial score (nSPS) is 26.9. The summed E-state index contributed by atoms with van der Waals surface area (Å²) >= 11 is 0. The number of allylic oxidation sites excluding steroid dienone is 1. The van der Waals surface area contributed by atoms with E-state index in [0.717, 1.165) is 5.92 Å². The van der Waals surface area contributed by atoms with E-state index in [0.29, 0.717) is 0 Å². The van der Waals surface area contributed by atoms with Gasteiger partial charge in [0.2, 0.25) is 0 Å². The Morgan fingerprint density at radius 3 is 3.06 bits per heavy atom. The predicted octanol–water partition coefficient (Wildman–Crippen LogP) is 2.81. The Bertz CT molecular complexity index is 247. The number of likely N-dealkylation sites (tertiary alicyclic amines) is 1. The topological polar surface area (TPSA) is 15.3 Å². The third-order valence-corrected chi connectivity index (χ3v) is 4.16. The molecule has 0 spiro atoms. The Balaban J connectivity index is 1.55. The van der Waals surface area contributed by atoms with Crippen molar-refractivity contribution >= 4 is 0 Å². The Hall–Kier alpha value is -0.340. The van der Waals surface area contributed by atoms with Crippen molar-refractivity contribution in [2.24, 2.45) is 5.92 Å². The van der Waals surface area contributed by atoms with Gasteiger partial charge in [-0.1, -0.05) is 11.6 Å². The molecule has 1 fully saturated rings. The molecule has 98 valence electrons. The van der Waals surface area contributed by atoms with Gasteiger partial charge in [-0.05, 0) is 77.5 Å². The van der Waals surface area contributed by atoms with Gasteiger partial charge in [0.25, 0.3) is 0 Å². The van der Waals surface area contributed by atoms with E-state index in [4.69, 9.17) is 0 Å². The van der Waals surface area contributed by atoms with Gasteiger partial charge < -0.3 is 10.2 Å². The van der Waals surface area contributed by atoms with Crippen LogP contribution in [0.5, 0.6) is 0 Å². The number of piperidine rings is 1. The molecule has 0 aromatic heterocycles. The van der Waals surface area contributed by atoms with Crippen LogP contribution in [-0.4, -0.2) is 38.1 Å². The maximum absolute atomic E-state index is 3.66. The first-order valence-electron chi connectivity index (χ1n) is 7.42. The fourth-order valence-corrected chi connectivity index (χ4v) is 3.13. The van der Waals surface area contributed by atoms with E-state index in [9.17, 15) is 0 Å². The fourth-order valence-electron chi connectivity index (χ4n) is 3.13. The largest absolute Gasteiger partial charge is 0.316 e. The van der Waals surface area contributed by atoms with E-state index in [1.54, 1.807) is 5.57 Å². The molecule has 2 aliphatic rings. The molecule has 1 saturated heterocycles. The van der Waals surface area contributed by atoms with Crippen molar-refractivity contribution in [3.63, 3.8) is 0 Å². The Morgan fingerprint density at radius 2 is 2.29 bits per heavy atom. The summed E-state index contributed by atoms with van der Waals surface area (Å²) in [5.41, 5.74) is 1.70. The Kier molecular flexibility index (Phi) is 5.53. The smallest absolute Gasteiger partial charge is 0.00187 e. The first kappa shape index (κ1) is 13.1. The van der Waals surface area contributed by atoms with E-state index in [-0.39, 0.29) is 0 Å². The lowest BCUT2D eigenvalue weighted by molar-refractivity contribution is 0.206. The minimum absolute atomic E-state index is 0.883. The molecule has 1 aliphatic carbocycles. The summed E-state index contributed by atoms with van der Waals surface area (Å²) in [6.07, 6.45) is 12.1. The van der Waals surface area contributed by atoms with Crippen molar-refractivity contribution in [3.8, 4) is 0 Å². The van der Waals surface area contributed by atoms with Crippen LogP contribution in [0.15, 0.2) is 11.6 Å². The van der Waals surface area contributed by atoms with Gasteiger partial charge in [-0.15, -0.1) is 0 Å². The summed E-state index contributed by atoms with van der Waals surface area (Å²) < 4.78 is 0. The van der Waals surface area contributed by atoms with Crippen LogP contribution < -0.4 is 5.32 Å². The summed E-state index contributed by atoms with van der Waals surface area (Å²) in [7, 11) is 2.25. The molecular formula is C15H28N2. The number of hydrogen-bond donors (Lipinski definition) is 1. The maximum Gasteiger partial charge on any atom is 0.00187 e. The molecule has 0 aromatic carbocycles. The zero-order valence-corrected chi connectivity index (χ0v) is 11.4. The molecule has 0 aromatic rings. The van der Waals surface area contributed by atoms with Crippen LogP contribution in [0.2, 0.25) is 0 Å². The molecule has 0 bridgehead atoms. The van der Waals surface area contributed by atoms with Crippen LogP contribution in [-0.2, 0) is 0 Å². The average molecular weight is 236 g/mol. The molecule has 1 unspecified atom stereocenters. The number of nitrogens with zero attached hydrogens (tertiary/aromatic N) is 1. The summed E-state index contributed by atoms with van der Waals surface area (Å²) in [4.78, 5) is 2.47. The van der Waals surface area contributed by atoms with Gasteiger partial charge in [-0.3, -0.25) is 0 Å². The van der Waals surface area contributed by atoms with Gasteiger partial charge in [0.15, 0.2) is 0 Å². The summed E-state index contributed by atoms with van der Waals surface area (Å²) in [5.74, 6) is 0.883. The molecule has 1 atom stereocenters. The van der Waals surface area contributed by atoms with Crippen LogP contribution in [0, 0.1) is 5.92 Å². The summed E-state index contributed by atoms with van der Waals surface area (Å²) in [6.45, 7) is 4.99. The van der Waals surface area contributed by atoms with Gasteiger partial charge in [0.1, 0.15) is 0 Å². The van der Waals surface area contributed by atoms with Crippen LogP contribution in [0.25, 0.3) is 0 Å². The van der Waals surface area contributed by atoms with Gasteiger partial charge in [-0.25, -0.2) is 0 Å². The van der Waals surface area contributed by atoms with Crippen molar-refractivity contribution in [1.29, 1.82) is 0 Å². The zero-order valence-electron chi connectivity index (χ0n) is 11.4. The molecule has 0 radical (unpaired) electrons. The maximum atomic E-state index is 3.66. The van der Waals surface area contributed by atoms with Crippen molar-refractivity contribution in [2.45, 2.75) is 44.9 Å². The molecule has 1 aliphatic heterocycles. The van der Waals surface area contributed by atoms with E-state index < -0.39 is 0 Å². The van der Waals surface area contributed by atoms with Gasteiger partial charge >= 0.3 is 0 Å². The number of rotatable bonds is 5. The molecular weight excluding hydrogens is 208 g/mol. The van der Waals surface area contributed by atoms with E-state index >= 15 is 0 Å². The fraction of sp³-hybridized carbons (Fsp3) is 0.867. The average Bonchev–Trinajstić information content (AvgIpc) is 2.36. The van der Waals surface area contributed by atoms with E-state index in [2.05, 4.69) is 23.3 Å². The van der Waals surface area contributed by atoms with Crippen molar-refractivity contribution < 1.29 is 0 Å². The summed E-state index contributed by atoms with van der Waals surface area (Å²) in [5, 5.41) is 3.66. The third-order valence-electron chi connectivity index (χ3n) is 4.16. The molecule has 1 heterocycles. The van der Waals surface area contributed by atoms with Gasteiger partial charge in [0, 0.05) is 6.54 Å². The molecule has 0 amide bonds. The standard InChI is InChI=1S/C15H28N2/c1-17-11-5-8-15(13-17)12-16-10-9-14-6-3-2-4-7-14/h6,15-16H,2-5,7-13H2,1H3. The molecule has 1 N–H and O–H groups in total. The van der Waals surface area contributed by atoms with Crippen LogP contribution in [0.4, 0.5) is 0 Å². The lowest BCUT2D eigenvalue weighted by Gasteiger charge is -2.29. The first-order chi connectivity index (χ1) is 8.34. The van der Waals surface area contributed by atoms with Gasteiger partial charge in [0.05, 0.1) is 0 Å². The molecule has 2 rings (SSSR count). The lowest BCUT2D eigenvalue weighted by Crippen LogP contribution is -2.37. The van der Waals surface area contributed by atoms with Crippen molar-refractivity contribution in [3.05, 3.63) is 11.6 Å². The van der Waals surface area contributed by atoms with Crippen LogP contribution in [0.3, 0.4) is 0 Å². The minimum Gasteiger partial charge on any atom is -0.316 e. The van der Waals surface area contributed by atoms with E-state index in [1.165, 1.54) is 71.1 Å². The van der Waals surface area contributed by atoms with Crippen LogP contribution >= 0.6 is 0 Å². The highest BCUT2D eigenvalue weighted by Crippen LogP contribution is 2.19. The second-order valence-electron chi connectivity index (χ2n) is 5.83. The molecule has 17 heavy (non-hydrogen) atoms. The SMILES string of the molecule is CN1CCCC(CNCCC2=CCCCC2)C1. The molecule has 2 heteroatoms. The van der Waals surface area contributed by atoms with Crippen molar-refractivity contribution in [2.75, 3.05) is 33.2 Å².